The lowest BCUT2D eigenvalue weighted by atomic mass is 10.1. The molecule has 0 aliphatic carbocycles. The largest absolute Gasteiger partial charge is 0.453 e. The molecule has 100 valence electrons. The third-order valence-corrected chi connectivity index (χ3v) is 3.39. The SMILES string of the molecule is O=C(c1cc2cc(Br)ccc2o1)c1c(F)cccc1F. The van der Waals surface area contributed by atoms with Gasteiger partial charge in [0.2, 0.25) is 5.78 Å². The van der Waals surface area contributed by atoms with Gasteiger partial charge in [-0.1, -0.05) is 22.0 Å². The van der Waals surface area contributed by atoms with E-state index < -0.39 is 23.0 Å². The first-order chi connectivity index (χ1) is 9.56. The van der Waals surface area contributed by atoms with Crippen LogP contribution in [0.3, 0.4) is 0 Å². The van der Waals surface area contributed by atoms with Gasteiger partial charge in [0.15, 0.2) is 5.76 Å². The number of benzene rings is 2. The molecule has 3 aromatic rings. The Kier molecular flexibility index (Phi) is 3.14. The van der Waals surface area contributed by atoms with Crippen molar-refractivity contribution in [3.8, 4) is 0 Å². The Morgan fingerprint density at radius 1 is 1.05 bits per heavy atom. The maximum absolute atomic E-state index is 13.6. The Morgan fingerprint density at radius 3 is 2.45 bits per heavy atom. The second kappa shape index (κ2) is 4.83. The fourth-order valence-corrected chi connectivity index (χ4v) is 2.34. The van der Waals surface area contributed by atoms with Crippen molar-refractivity contribution >= 4 is 32.7 Å². The number of carbonyl (C=O) groups is 1. The highest BCUT2D eigenvalue weighted by molar-refractivity contribution is 9.10. The van der Waals surface area contributed by atoms with Crippen LogP contribution in [0.25, 0.3) is 11.0 Å². The Hall–Kier alpha value is -2.01. The Bertz CT molecular complexity index is 804. The van der Waals surface area contributed by atoms with E-state index in [0.717, 1.165) is 16.6 Å². The van der Waals surface area contributed by atoms with Crippen LogP contribution in [0.4, 0.5) is 8.78 Å². The third-order valence-electron chi connectivity index (χ3n) is 2.89. The Balaban J connectivity index is 2.13. The molecule has 2 aromatic carbocycles. The lowest BCUT2D eigenvalue weighted by molar-refractivity contribution is 0.100. The number of carbonyl (C=O) groups excluding carboxylic acids is 1. The molecular weight excluding hydrogens is 330 g/mol. The first kappa shape index (κ1) is 13.0. The molecule has 20 heavy (non-hydrogen) atoms. The number of fused-ring (bicyclic) bond motifs is 1. The minimum atomic E-state index is -0.906. The van der Waals surface area contributed by atoms with Gasteiger partial charge < -0.3 is 4.42 Å². The smallest absolute Gasteiger partial charge is 0.234 e. The van der Waals surface area contributed by atoms with Gasteiger partial charge in [-0.25, -0.2) is 8.78 Å². The van der Waals surface area contributed by atoms with Gasteiger partial charge in [0.1, 0.15) is 17.2 Å². The van der Waals surface area contributed by atoms with E-state index in [1.807, 2.05) is 0 Å². The molecule has 0 aliphatic rings. The maximum Gasteiger partial charge on any atom is 0.234 e. The van der Waals surface area contributed by atoms with Crippen LogP contribution in [0.2, 0.25) is 0 Å². The highest BCUT2D eigenvalue weighted by Crippen LogP contribution is 2.26. The van der Waals surface area contributed by atoms with E-state index in [4.69, 9.17) is 4.42 Å². The average molecular weight is 337 g/mol. The molecule has 2 nitrogen and oxygen atoms in total. The second-order valence-corrected chi connectivity index (χ2v) is 5.13. The van der Waals surface area contributed by atoms with E-state index in [1.54, 1.807) is 18.2 Å². The zero-order valence-corrected chi connectivity index (χ0v) is 11.6. The predicted molar refractivity (Wildman–Crippen MR) is 73.7 cm³/mol. The number of halogens is 3. The van der Waals surface area contributed by atoms with Gasteiger partial charge in [0.25, 0.3) is 0 Å². The summed E-state index contributed by atoms with van der Waals surface area (Å²) >= 11 is 3.30. The molecule has 0 N–H and O–H groups in total. The second-order valence-electron chi connectivity index (χ2n) is 4.22. The highest BCUT2D eigenvalue weighted by atomic mass is 79.9. The van der Waals surface area contributed by atoms with Crippen molar-refractivity contribution in [3.63, 3.8) is 0 Å². The van der Waals surface area contributed by atoms with E-state index in [2.05, 4.69) is 15.9 Å². The first-order valence-electron chi connectivity index (χ1n) is 5.74. The minimum absolute atomic E-state index is 0.0953. The van der Waals surface area contributed by atoms with Crippen molar-refractivity contribution in [1.82, 2.24) is 0 Å². The molecule has 0 unspecified atom stereocenters. The molecule has 0 aliphatic heterocycles. The quantitative estimate of drug-likeness (QED) is 0.634. The standard InChI is InChI=1S/C15H7BrF2O2/c16-9-4-5-12-8(6-9)7-13(20-12)15(19)14-10(17)2-1-3-11(14)18/h1-7H. The van der Waals surface area contributed by atoms with Gasteiger partial charge in [-0.3, -0.25) is 4.79 Å². The van der Waals surface area contributed by atoms with Gasteiger partial charge in [-0.05, 0) is 36.4 Å². The van der Waals surface area contributed by atoms with Crippen molar-refractivity contribution in [2.75, 3.05) is 0 Å². The van der Waals surface area contributed by atoms with Crippen LogP contribution >= 0.6 is 15.9 Å². The Morgan fingerprint density at radius 2 is 1.75 bits per heavy atom. The van der Waals surface area contributed by atoms with E-state index in [9.17, 15) is 13.6 Å². The molecule has 0 radical (unpaired) electrons. The van der Waals surface area contributed by atoms with Crippen LogP contribution in [0.1, 0.15) is 16.1 Å². The summed E-state index contributed by atoms with van der Waals surface area (Å²) in [7, 11) is 0. The van der Waals surface area contributed by atoms with Crippen molar-refractivity contribution < 1.29 is 18.0 Å². The third kappa shape index (κ3) is 2.14. The highest BCUT2D eigenvalue weighted by Gasteiger charge is 2.22. The zero-order valence-electron chi connectivity index (χ0n) is 9.99. The number of furan rings is 1. The van der Waals surface area contributed by atoms with Crippen LogP contribution in [0.5, 0.6) is 0 Å². The Labute approximate surface area is 121 Å². The van der Waals surface area contributed by atoms with Crippen molar-refractivity contribution in [2.24, 2.45) is 0 Å². The minimum Gasteiger partial charge on any atom is -0.453 e. The topological polar surface area (TPSA) is 30.2 Å². The fraction of sp³-hybridized carbons (Fsp3) is 0. The molecule has 0 spiro atoms. The number of rotatable bonds is 2. The molecule has 5 heteroatoms. The first-order valence-corrected chi connectivity index (χ1v) is 6.53. The van der Waals surface area contributed by atoms with E-state index >= 15 is 0 Å². The van der Waals surface area contributed by atoms with E-state index in [-0.39, 0.29) is 5.76 Å². The van der Waals surface area contributed by atoms with Crippen LogP contribution in [0.15, 0.2) is 51.4 Å². The van der Waals surface area contributed by atoms with Crippen LogP contribution < -0.4 is 0 Å². The van der Waals surface area contributed by atoms with Crippen LogP contribution in [0, 0.1) is 11.6 Å². The summed E-state index contributed by atoms with van der Waals surface area (Å²) < 4.78 is 33.4. The molecule has 1 aromatic heterocycles. The molecule has 0 bridgehead atoms. The summed E-state index contributed by atoms with van der Waals surface area (Å²) in [5, 5.41) is 0.680. The van der Waals surface area contributed by atoms with E-state index in [0.29, 0.717) is 11.0 Å². The summed E-state index contributed by atoms with van der Waals surface area (Å²) in [6.07, 6.45) is 0. The predicted octanol–water partition coefficient (Wildman–Crippen LogP) is 4.70. The lowest BCUT2D eigenvalue weighted by Crippen LogP contribution is -2.06. The molecular formula is C15H7BrF2O2. The van der Waals surface area contributed by atoms with Crippen LogP contribution in [-0.2, 0) is 0 Å². The molecule has 0 amide bonds. The lowest BCUT2D eigenvalue weighted by Gasteiger charge is -2.00. The van der Waals surface area contributed by atoms with Crippen LogP contribution in [-0.4, -0.2) is 5.78 Å². The van der Waals surface area contributed by atoms with E-state index in [1.165, 1.54) is 12.1 Å². The van der Waals surface area contributed by atoms with Crippen molar-refractivity contribution in [3.05, 3.63) is 69.9 Å². The van der Waals surface area contributed by atoms with Gasteiger partial charge in [-0.15, -0.1) is 0 Å². The number of hydrogen-bond donors (Lipinski definition) is 0. The van der Waals surface area contributed by atoms with Gasteiger partial charge in [0, 0.05) is 9.86 Å². The molecule has 0 saturated heterocycles. The van der Waals surface area contributed by atoms with Crippen molar-refractivity contribution in [2.45, 2.75) is 0 Å². The normalized spacial score (nSPS) is 10.9. The van der Waals surface area contributed by atoms with Crippen molar-refractivity contribution in [1.29, 1.82) is 0 Å². The molecule has 1 heterocycles. The molecule has 3 rings (SSSR count). The fourth-order valence-electron chi connectivity index (χ4n) is 1.96. The summed E-state index contributed by atoms with van der Waals surface area (Å²) in [5.74, 6) is -2.72. The zero-order chi connectivity index (χ0) is 14.3. The van der Waals surface area contributed by atoms with Gasteiger partial charge in [-0.2, -0.15) is 0 Å². The summed E-state index contributed by atoms with van der Waals surface area (Å²) in [5.41, 5.74) is -0.126. The average Bonchev–Trinajstić information content (AvgIpc) is 2.81. The summed E-state index contributed by atoms with van der Waals surface area (Å²) in [4.78, 5) is 12.2. The van der Waals surface area contributed by atoms with Gasteiger partial charge in [0.05, 0.1) is 5.56 Å². The molecule has 0 fully saturated rings. The number of hydrogen-bond acceptors (Lipinski definition) is 2. The van der Waals surface area contributed by atoms with Gasteiger partial charge >= 0.3 is 0 Å². The summed E-state index contributed by atoms with van der Waals surface area (Å²) in [6.45, 7) is 0. The number of ketones is 1. The molecule has 0 atom stereocenters. The monoisotopic (exact) mass is 336 g/mol. The molecule has 0 saturated carbocycles. The summed E-state index contributed by atoms with van der Waals surface area (Å²) in [6, 6.07) is 9.93. The maximum atomic E-state index is 13.6.